The van der Waals surface area contributed by atoms with Crippen molar-refractivity contribution in [3.8, 4) is 0 Å². The largest absolute Gasteiger partial charge is 0.479 e. The van der Waals surface area contributed by atoms with Gasteiger partial charge in [0.1, 0.15) is 18.7 Å². The van der Waals surface area contributed by atoms with Gasteiger partial charge >= 0.3 is 23.9 Å². The quantitative estimate of drug-likeness (QED) is 0.107. The minimum atomic E-state index is -4.74. The standard InChI is InChI=1S/C26H38N2O5.C18H18O10S2/c1-4-11-21(25(30)32-5-2)27-18(3)24(29)28-22-15-10-9-14-20(22)16-23(28)26(31)33-17-19-12-7-6-8-13-19;1-11-3-7-13(8-4-11)29(23,24)27-15(17(19)20)16(18(21)22)28-30(25,26)14-9-5-12(2)6-10-14/h6-8,12-13,18,20-23,27H,4-5,9-11,14-17H2,1-3H3;3-10,15-16H,1-2H3,(H,19,20)(H,21,22)/t18-,20-,21-,22-,23-;15-,16-/m00/s1. The van der Waals surface area contributed by atoms with Crippen LogP contribution in [0.2, 0.25) is 0 Å². The van der Waals surface area contributed by atoms with Crippen LogP contribution in [0.3, 0.4) is 0 Å². The molecular formula is C44H56N2O15S2. The Morgan fingerprint density at radius 3 is 1.73 bits per heavy atom. The van der Waals surface area contributed by atoms with Crippen molar-refractivity contribution >= 4 is 50.0 Å². The molecule has 1 aliphatic heterocycles. The van der Waals surface area contributed by atoms with Crippen LogP contribution in [0.5, 0.6) is 0 Å². The third kappa shape index (κ3) is 13.9. The van der Waals surface area contributed by atoms with Gasteiger partial charge in [-0.25, -0.2) is 22.7 Å². The number of likely N-dealkylation sites (tertiary alicyclic amines) is 1. The van der Waals surface area contributed by atoms with Crippen LogP contribution < -0.4 is 5.32 Å². The molecule has 0 spiro atoms. The average molecular weight is 917 g/mol. The number of carbonyl (C=O) groups is 5. The molecule has 5 rings (SSSR count). The number of aryl methyl sites for hydroxylation is 2. The third-order valence-electron chi connectivity index (χ3n) is 10.7. The van der Waals surface area contributed by atoms with Crippen LogP contribution in [0.1, 0.15) is 82.4 Å². The topological polar surface area (TPSA) is 246 Å². The summed E-state index contributed by atoms with van der Waals surface area (Å²) < 4.78 is 69.4. The second-order valence-electron chi connectivity index (χ2n) is 15.4. The van der Waals surface area contributed by atoms with E-state index in [2.05, 4.69) is 13.7 Å². The van der Waals surface area contributed by atoms with E-state index in [0.29, 0.717) is 36.5 Å². The van der Waals surface area contributed by atoms with E-state index < -0.39 is 72.3 Å². The molecule has 3 aromatic rings. The summed E-state index contributed by atoms with van der Waals surface area (Å²) in [5.74, 6) is -4.59. The molecular weight excluding hydrogens is 861 g/mol. The van der Waals surface area contributed by atoms with Crippen molar-refractivity contribution in [2.75, 3.05) is 6.61 Å². The zero-order chi connectivity index (χ0) is 46.5. The van der Waals surface area contributed by atoms with Gasteiger partial charge in [0.25, 0.3) is 20.2 Å². The molecule has 1 saturated carbocycles. The number of esters is 2. The summed E-state index contributed by atoms with van der Waals surface area (Å²) in [4.78, 5) is 63.1. The average Bonchev–Trinajstić information content (AvgIpc) is 3.64. The normalized spacial score (nSPS) is 19.3. The maximum absolute atomic E-state index is 13.6. The smallest absolute Gasteiger partial charge is 0.337 e. The number of rotatable bonds is 19. The SMILES string of the molecule is CCC[C@H](N[C@@H](C)C(=O)N1[C@H](C(=O)OCc2ccccc2)C[C@@H]2CCCC[C@@H]21)C(=O)OCC.Cc1ccc(S(=O)(=O)O[C@H](C(=O)O)[C@H](OS(=O)(=O)c2ccc(C)cc2)C(=O)O)cc1. The van der Waals surface area contributed by atoms with E-state index in [-0.39, 0.29) is 30.5 Å². The predicted octanol–water partition coefficient (Wildman–Crippen LogP) is 4.92. The maximum Gasteiger partial charge on any atom is 0.337 e. The summed E-state index contributed by atoms with van der Waals surface area (Å²) in [6.07, 6.45) is 0.799. The van der Waals surface area contributed by atoms with Crippen LogP contribution in [-0.2, 0) is 68.7 Å². The Morgan fingerprint density at radius 1 is 0.746 bits per heavy atom. The Bertz CT molecular complexity index is 2160. The van der Waals surface area contributed by atoms with E-state index in [1.54, 1.807) is 32.6 Å². The van der Waals surface area contributed by atoms with Crippen molar-refractivity contribution in [2.24, 2.45) is 5.92 Å². The Kier molecular flexibility index (Phi) is 18.4. The number of ether oxygens (including phenoxy) is 2. The zero-order valence-corrected chi connectivity index (χ0v) is 37.5. The molecule has 19 heteroatoms. The Morgan fingerprint density at radius 2 is 1.25 bits per heavy atom. The highest BCUT2D eigenvalue weighted by atomic mass is 32.2. The number of nitrogens with zero attached hydrogens (tertiary/aromatic N) is 1. The number of amides is 1. The molecule has 0 aromatic heterocycles. The minimum Gasteiger partial charge on any atom is -0.479 e. The van der Waals surface area contributed by atoms with Crippen LogP contribution in [0.15, 0.2) is 88.7 Å². The van der Waals surface area contributed by atoms with E-state index in [0.717, 1.165) is 61.9 Å². The minimum absolute atomic E-state index is 0.0528. The molecule has 63 heavy (non-hydrogen) atoms. The zero-order valence-electron chi connectivity index (χ0n) is 35.9. The number of hydrogen-bond donors (Lipinski definition) is 3. The highest BCUT2D eigenvalue weighted by Gasteiger charge is 2.49. The maximum atomic E-state index is 13.6. The first-order valence-corrected chi connectivity index (χ1v) is 23.5. The van der Waals surface area contributed by atoms with Gasteiger partial charge in [0.05, 0.1) is 22.4 Å². The molecule has 3 aromatic carbocycles. The molecule has 0 bridgehead atoms. The van der Waals surface area contributed by atoms with Crippen LogP contribution in [0.25, 0.3) is 0 Å². The highest BCUT2D eigenvalue weighted by molar-refractivity contribution is 7.87. The molecule has 7 atom stereocenters. The first kappa shape index (κ1) is 50.4. The van der Waals surface area contributed by atoms with Gasteiger partial charge in [-0.2, -0.15) is 16.8 Å². The molecule has 1 aliphatic carbocycles. The van der Waals surface area contributed by atoms with E-state index in [4.69, 9.17) is 9.47 Å². The fourth-order valence-corrected chi connectivity index (χ4v) is 9.52. The number of aliphatic carboxylic acids is 2. The van der Waals surface area contributed by atoms with E-state index in [1.165, 1.54) is 24.3 Å². The summed E-state index contributed by atoms with van der Waals surface area (Å²) in [7, 11) is -9.49. The molecule has 17 nitrogen and oxygen atoms in total. The Balaban J connectivity index is 0.000000278. The Labute approximate surface area is 368 Å². The molecule has 1 heterocycles. The van der Waals surface area contributed by atoms with Gasteiger partial charge in [-0.3, -0.25) is 14.9 Å². The number of carboxylic acids is 2. The number of nitrogens with one attached hydrogen (secondary N) is 1. The fourth-order valence-electron chi connectivity index (χ4n) is 7.45. The van der Waals surface area contributed by atoms with E-state index in [9.17, 15) is 51.0 Å². The molecule has 344 valence electrons. The van der Waals surface area contributed by atoms with Crippen molar-refractivity contribution in [2.45, 2.75) is 132 Å². The number of hydrogen-bond acceptors (Lipinski definition) is 14. The summed E-state index contributed by atoms with van der Waals surface area (Å²) in [5.41, 5.74) is 2.34. The molecule has 1 saturated heterocycles. The summed E-state index contributed by atoms with van der Waals surface area (Å²) in [6, 6.07) is 18.1. The first-order valence-electron chi connectivity index (χ1n) is 20.7. The fraction of sp³-hybridized carbons (Fsp3) is 0.477. The van der Waals surface area contributed by atoms with Crippen molar-refractivity contribution in [3.63, 3.8) is 0 Å². The van der Waals surface area contributed by atoms with Gasteiger partial charge in [-0.1, -0.05) is 91.9 Å². The third-order valence-corrected chi connectivity index (χ3v) is 13.3. The lowest BCUT2D eigenvalue weighted by atomic mass is 9.84. The van der Waals surface area contributed by atoms with Crippen LogP contribution in [0.4, 0.5) is 0 Å². The van der Waals surface area contributed by atoms with Crippen LogP contribution in [0, 0.1) is 19.8 Å². The van der Waals surface area contributed by atoms with Gasteiger partial charge < -0.3 is 24.6 Å². The second kappa shape index (κ2) is 22.9. The lowest BCUT2D eigenvalue weighted by Gasteiger charge is -2.35. The second-order valence-corrected chi connectivity index (χ2v) is 18.6. The van der Waals surface area contributed by atoms with Gasteiger partial charge in [-0.05, 0) is 89.1 Å². The molecule has 0 radical (unpaired) electrons. The molecule has 0 unspecified atom stereocenters. The molecule has 2 aliphatic rings. The number of carbonyl (C=O) groups excluding carboxylic acids is 3. The van der Waals surface area contributed by atoms with Crippen molar-refractivity contribution in [1.29, 1.82) is 0 Å². The highest BCUT2D eigenvalue weighted by Crippen LogP contribution is 2.40. The first-order chi connectivity index (χ1) is 29.8. The van der Waals surface area contributed by atoms with Crippen molar-refractivity contribution in [3.05, 3.63) is 95.6 Å². The Hall–Kier alpha value is -5.21. The van der Waals surface area contributed by atoms with E-state index >= 15 is 0 Å². The molecule has 1 amide bonds. The summed E-state index contributed by atoms with van der Waals surface area (Å²) in [6.45, 7) is 9.40. The predicted molar refractivity (Wildman–Crippen MR) is 227 cm³/mol. The number of benzene rings is 3. The van der Waals surface area contributed by atoms with Crippen LogP contribution >= 0.6 is 0 Å². The van der Waals surface area contributed by atoms with Crippen LogP contribution in [-0.4, -0.2) is 105 Å². The van der Waals surface area contributed by atoms with Gasteiger partial charge in [0, 0.05) is 6.04 Å². The van der Waals surface area contributed by atoms with E-state index in [1.807, 2.05) is 37.3 Å². The monoisotopic (exact) mass is 916 g/mol. The number of fused-ring (bicyclic) bond motifs is 1. The molecule has 2 fully saturated rings. The van der Waals surface area contributed by atoms with Gasteiger partial charge in [0.15, 0.2) is 0 Å². The van der Waals surface area contributed by atoms with Gasteiger partial charge in [-0.15, -0.1) is 0 Å². The molecule has 3 N–H and O–H groups in total. The van der Waals surface area contributed by atoms with Crippen molar-refractivity contribution < 1.29 is 68.9 Å². The van der Waals surface area contributed by atoms with Gasteiger partial charge in [0.2, 0.25) is 18.1 Å². The summed E-state index contributed by atoms with van der Waals surface area (Å²) in [5, 5.41) is 21.8. The summed E-state index contributed by atoms with van der Waals surface area (Å²) >= 11 is 0. The van der Waals surface area contributed by atoms with Crippen molar-refractivity contribution in [1.82, 2.24) is 10.2 Å². The lowest BCUT2D eigenvalue weighted by molar-refractivity contribution is -0.161. The number of carboxylic acid groups (broad SMARTS) is 2. The lowest BCUT2D eigenvalue weighted by Crippen LogP contribution is -2.55.